The van der Waals surface area contributed by atoms with E-state index in [1.54, 1.807) is 29.4 Å². The molecule has 1 fully saturated rings. The smallest absolute Gasteiger partial charge is 0.475 e. The Labute approximate surface area is 261 Å². The van der Waals surface area contributed by atoms with E-state index < -0.39 is 36.4 Å². The number of hydrogen-bond donors (Lipinski definition) is 3. The SMILES string of the molecule is CCN1CCN(c2ncnc3scc(-c4ccc(SC)nc4)c23)CC1.O=C(O)C(F)(F)F.O=C(O)C(F)(F)F.O=C(O)C(F)(F)F. The quantitative estimate of drug-likeness (QED) is 0.230. The number of rotatable bonds is 4. The zero-order chi connectivity index (χ0) is 35.5. The van der Waals surface area contributed by atoms with Crippen LogP contribution in [-0.4, -0.2) is 111 Å². The molecule has 0 atom stereocenters. The molecule has 0 spiro atoms. The molecule has 1 aliphatic rings. The number of fused-ring (bicyclic) bond motifs is 1. The van der Waals surface area contributed by atoms with Crippen LogP contribution in [0.2, 0.25) is 0 Å². The van der Waals surface area contributed by atoms with Gasteiger partial charge in [-0.2, -0.15) is 39.5 Å². The van der Waals surface area contributed by atoms with Gasteiger partial charge >= 0.3 is 36.4 Å². The fraction of sp³-hybridized carbons (Fsp3) is 0.417. The number of anilines is 1. The predicted octanol–water partition coefficient (Wildman–Crippen LogP) is 5.52. The molecular weight excluding hydrogens is 689 g/mol. The average molecular weight is 714 g/mol. The fourth-order valence-corrected chi connectivity index (χ4v) is 4.52. The van der Waals surface area contributed by atoms with Gasteiger partial charge in [-0.15, -0.1) is 23.1 Å². The van der Waals surface area contributed by atoms with Gasteiger partial charge in [-0.25, -0.2) is 29.3 Å². The number of aliphatic carboxylic acids is 3. The maximum atomic E-state index is 10.6. The molecular formula is C24H24F9N5O6S2. The lowest BCUT2D eigenvalue weighted by molar-refractivity contribution is -0.193. The van der Waals surface area contributed by atoms with Gasteiger partial charge in [0.05, 0.1) is 10.4 Å². The molecule has 1 aliphatic heterocycles. The van der Waals surface area contributed by atoms with E-state index in [-0.39, 0.29) is 0 Å². The van der Waals surface area contributed by atoms with Crippen molar-refractivity contribution in [1.29, 1.82) is 0 Å². The molecule has 11 nitrogen and oxygen atoms in total. The van der Waals surface area contributed by atoms with E-state index >= 15 is 0 Å². The number of alkyl halides is 9. The lowest BCUT2D eigenvalue weighted by atomic mass is 10.1. The number of halogens is 9. The summed E-state index contributed by atoms with van der Waals surface area (Å²) in [6.45, 7) is 7.54. The molecule has 0 amide bonds. The molecule has 4 heterocycles. The molecule has 3 N–H and O–H groups in total. The maximum absolute atomic E-state index is 10.6. The first kappa shape index (κ1) is 40.1. The molecule has 0 saturated carbocycles. The van der Waals surface area contributed by atoms with Crippen molar-refractivity contribution in [2.45, 2.75) is 30.5 Å². The molecule has 46 heavy (non-hydrogen) atoms. The van der Waals surface area contributed by atoms with Crippen LogP contribution in [0.5, 0.6) is 0 Å². The Balaban J connectivity index is 0.000000413. The highest BCUT2D eigenvalue weighted by Gasteiger charge is 2.39. The number of nitrogens with zero attached hydrogens (tertiary/aromatic N) is 5. The molecule has 0 radical (unpaired) electrons. The summed E-state index contributed by atoms with van der Waals surface area (Å²) in [6, 6.07) is 4.22. The zero-order valence-corrected chi connectivity index (χ0v) is 25.1. The summed E-state index contributed by atoms with van der Waals surface area (Å²) in [4.78, 5) is 46.3. The number of thiophene rings is 1. The van der Waals surface area contributed by atoms with Crippen molar-refractivity contribution in [2.75, 3.05) is 43.9 Å². The number of pyridine rings is 1. The normalized spacial score (nSPS) is 13.8. The van der Waals surface area contributed by atoms with Crippen molar-refractivity contribution in [2.24, 2.45) is 0 Å². The summed E-state index contributed by atoms with van der Waals surface area (Å²) in [5, 5.41) is 25.8. The summed E-state index contributed by atoms with van der Waals surface area (Å²) in [5.74, 6) is -7.21. The molecule has 0 bridgehead atoms. The van der Waals surface area contributed by atoms with Gasteiger partial charge in [0.2, 0.25) is 0 Å². The number of aromatic nitrogens is 3. The molecule has 22 heteroatoms. The highest BCUT2D eigenvalue weighted by molar-refractivity contribution is 7.98. The second-order valence-corrected chi connectivity index (χ2v) is 10.1. The van der Waals surface area contributed by atoms with E-state index in [1.165, 1.54) is 5.56 Å². The Kier molecular flexibility index (Phi) is 14.9. The van der Waals surface area contributed by atoms with Gasteiger partial charge in [0.15, 0.2) is 0 Å². The Hall–Kier alpha value is -3.92. The zero-order valence-electron chi connectivity index (χ0n) is 23.4. The summed E-state index contributed by atoms with van der Waals surface area (Å²) >= 11 is 3.34. The molecule has 4 rings (SSSR count). The third-order valence-electron chi connectivity index (χ3n) is 5.45. The highest BCUT2D eigenvalue weighted by atomic mass is 32.2. The molecule has 3 aromatic heterocycles. The fourth-order valence-electron chi connectivity index (χ4n) is 3.25. The Morgan fingerprint density at radius 3 is 1.67 bits per heavy atom. The predicted molar refractivity (Wildman–Crippen MR) is 148 cm³/mol. The van der Waals surface area contributed by atoms with Crippen LogP contribution in [0.4, 0.5) is 45.3 Å². The standard InChI is InChI=1S/C18H21N5S2.3C2HF3O2/c1-3-22-6-8-23(9-7-22)17-16-14(11-25-18(16)21-12-20-17)13-4-5-15(24-2)19-10-13;3*3-2(4,5)1(6)7/h4-5,10-12H,3,6-9H2,1-2H3;3*(H,6,7). The number of carboxylic acid groups (broad SMARTS) is 3. The minimum atomic E-state index is -5.08. The Bertz CT molecular complexity index is 1390. The van der Waals surface area contributed by atoms with Gasteiger partial charge in [0, 0.05) is 48.9 Å². The Morgan fingerprint density at radius 2 is 1.30 bits per heavy atom. The molecule has 256 valence electrons. The minimum Gasteiger partial charge on any atom is -0.475 e. The number of carboxylic acids is 3. The maximum Gasteiger partial charge on any atom is 0.490 e. The summed E-state index contributed by atoms with van der Waals surface area (Å²) in [6.07, 6.45) is -9.55. The van der Waals surface area contributed by atoms with Crippen molar-refractivity contribution < 1.29 is 69.2 Å². The first-order valence-electron chi connectivity index (χ1n) is 12.2. The summed E-state index contributed by atoms with van der Waals surface area (Å²) in [5.41, 5.74) is 2.32. The van der Waals surface area contributed by atoms with Crippen LogP contribution < -0.4 is 4.90 Å². The third kappa shape index (κ3) is 12.8. The van der Waals surface area contributed by atoms with Crippen LogP contribution in [0.1, 0.15) is 6.92 Å². The highest BCUT2D eigenvalue weighted by Crippen LogP contribution is 2.38. The van der Waals surface area contributed by atoms with Crippen LogP contribution >= 0.6 is 23.1 Å². The van der Waals surface area contributed by atoms with Gasteiger partial charge in [-0.1, -0.05) is 13.0 Å². The number of carbonyl (C=O) groups is 3. The Morgan fingerprint density at radius 1 is 0.826 bits per heavy atom. The first-order valence-corrected chi connectivity index (χ1v) is 14.3. The number of likely N-dealkylation sites (N-methyl/N-ethyl adjacent to an activating group) is 1. The van der Waals surface area contributed by atoms with Gasteiger partial charge in [-0.3, -0.25) is 0 Å². The minimum absolute atomic E-state index is 1.01. The van der Waals surface area contributed by atoms with Crippen LogP contribution in [0.3, 0.4) is 0 Å². The summed E-state index contributed by atoms with van der Waals surface area (Å²) < 4.78 is 95.2. The molecule has 0 aliphatic carbocycles. The second kappa shape index (κ2) is 17.1. The second-order valence-electron chi connectivity index (χ2n) is 8.45. The first-order chi connectivity index (χ1) is 21.1. The van der Waals surface area contributed by atoms with E-state index in [9.17, 15) is 39.5 Å². The topological polar surface area (TPSA) is 157 Å². The number of hydrogen-bond acceptors (Lipinski definition) is 10. The van der Waals surface area contributed by atoms with E-state index in [0.29, 0.717) is 0 Å². The van der Waals surface area contributed by atoms with Crippen molar-refractivity contribution in [3.63, 3.8) is 0 Å². The van der Waals surface area contributed by atoms with Crippen molar-refractivity contribution >= 4 is 57.0 Å². The van der Waals surface area contributed by atoms with E-state index in [1.807, 2.05) is 12.5 Å². The average Bonchev–Trinajstić information content (AvgIpc) is 3.41. The summed E-state index contributed by atoms with van der Waals surface area (Å²) in [7, 11) is 0. The van der Waals surface area contributed by atoms with E-state index in [2.05, 4.69) is 49.2 Å². The van der Waals surface area contributed by atoms with Gasteiger partial charge in [0.25, 0.3) is 0 Å². The van der Waals surface area contributed by atoms with E-state index in [4.69, 9.17) is 29.7 Å². The number of thioether (sulfide) groups is 1. The van der Waals surface area contributed by atoms with Crippen molar-refractivity contribution in [1.82, 2.24) is 19.9 Å². The van der Waals surface area contributed by atoms with Crippen LogP contribution in [-0.2, 0) is 14.4 Å². The van der Waals surface area contributed by atoms with Gasteiger partial charge in [0.1, 0.15) is 17.0 Å². The largest absolute Gasteiger partial charge is 0.490 e. The van der Waals surface area contributed by atoms with Crippen molar-refractivity contribution in [3.8, 4) is 11.1 Å². The van der Waals surface area contributed by atoms with Crippen LogP contribution in [0.25, 0.3) is 21.3 Å². The van der Waals surface area contributed by atoms with Crippen LogP contribution in [0.15, 0.2) is 35.1 Å². The molecule has 1 saturated heterocycles. The van der Waals surface area contributed by atoms with Crippen LogP contribution in [0, 0.1) is 0 Å². The molecule has 0 aromatic carbocycles. The van der Waals surface area contributed by atoms with E-state index in [0.717, 1.165) is 59.3 Å². The number of piperazine rings is 1. The molecule has 0 unspecified atom stereocenters. The third-order valence-corrected chi connectivity index (χ3v) is 7.00. The van der Waals surface area contributed by atoms with Gasteiger partial charge in [-0.05, 0) is 18.9 Å². The lowest BCUT2D eigenvalue weighted by Gasteiger charge is -2.35. The monoisotopic (exact) mass is 713 g/mol. The van der Waals surface area contributed by atoms with Gasteiger partial charge < -0.3 is 25.1 Å². The molecule has 3 aromatic rings. The lowest BCUT2D eigenvalue weighted by Crippen LogP contribution is -2.46. The van der Waals surface area contributed by atoms with Crippen molar-refractivity contribution in [3.05, 3.63) is 30.0 Å².